The summed E-state index contributed by atoms with van der Waals surface area (Å²) in [5, 5.41) is 3.12. The average Bonchev–Trinajstić information content (AvgIpc) is 3.22. The summed E-state index contributed by atoms with van der Waals surface area (Å²) in [5.74, 6) is 2.11. The quantitative estimate of drug-likeness (QED) is 0.634. The fourth-order valence-corrected chi connectivity index (χ4v) is 4.79. The smallest absolute Gasteiger partial charge is 0.240 e. The van der Waals surface area contributed by atoms with E-state index in [-0.39, 0.29) is 11.4 Å². The molecule has 0 amide bonds. The van der Waals surface area contributed by atoms with Crippen molar-refractivity contribution in [1.29, 1.82) is 0 Å². The number of nitrogens with one attached hydrogen (secondary N) is 2. The van der Waals surface area contributed by atoms with E-state index >= 15 is 0 Å². The highest BCUT2D eigenvalue weighted by molar-refractivity contribution is 7.89. The van der Waals surface area contributed by atoms with E-state index in [1.807, 2.05) is 19.9 Å². The Morgan fingerprint density at radius 2 is 1.79 bits per heavy atom. The minimum absolute atomic E-state index is 0.225. The number of hydrogen-bond donors (Lipinski definition) is 2. The summed E-state index contributed by atoms with van der Waals surface area (Å²) in [5.41, 5.74) is 2.38. The molecule has 2 heterocycles. The van der Waals surface area contributed by atoms with E-state index in [0.29, 0.717) is 23.8 Å². The Kier molecular flexibility index (Phi) is 6.59. The van der Waals surface area contributed by atoms with Gasteiger partial charge in [-0.15, -0.1) is 0 Å². The van der Waals surface area contributed by atoms with Gasteiger partial charge < -0.3 is 15.0 Å². The molecule has 0 unspecified atom stereocenters. The maximum atomic E-state index is 12.7. The highest BCUT2D eigenvalue weighted by Crippen LogP contribution is 2.26. The largest absolute Gasteiger partial charge is 0.496 e. The van der Waals surface area contributed by atoms with E-state index in [2.05, 4.69) is 24.9 Å². The second-order valence-electron chi connectivity index (χ2n) is 7.23. The van der Waals surface area contributed by atoms with Crippen LogP contribution in [0.3, 0.4) is 0 Å². The zero-order chi connectivity index (χ0) is 21.0. The van der Waals surface area contributed by atoms with Gasteiger partial charge in [0.05, 0.1) is 12.0 Å². The van der Waals surface area contributed by atoms with Crippen molar-refractivity contribution in [2.75, 3.05) is 43.5 Å². The zero-order valence-corrected chi connectivity index (χ0v) is 18.3. The van der Waals surface area contributed by atoms with Crippen molar-refractivity contribution in [3.05, 3.63) is 35.0 Å². The third kappa shape index (κ3) is 4.97. The normalized spacial score (nSPS) is 14.3. The third-order valence-electron chi connectivity index (χ3n) is 5.17. The molecule has 9 heteroatoms. The first-order valence-corrected chi connectivity index (χ1v) is 11.3. The fraction of sp³-hybridized carbons (Fsp3) is 0.500. The highest BCUT2D eigenvalue weighted by Gasteiger charge is 2.19. The van der Waals surface area contributed by atoms with Crippen LogP contribution in [0.1, 0.15) is 29.7 Å². The van der Waals surface area contributed by atoms with E-state index in [1.165, 1.54) is 12.8 Å². The monoisotopic (exact) mass is 419 g/mol. The topological polar surface area (TPSA) is 96.5 Å². The van der Waals surface area contributed by atoms with Crippen LogP contribution < -0.4 is 19.7 Å². The second-order valence-corrected chi connectivity index (χ2v) is 8.96. The van der Waals surface area contributed by atoms with Crippen LogP contribution in [0.2, 0.25) is 0 Å². The number of anilines is 2. The first-order chi connectivity index (χ1) is 13.8. The van der Waals surface area contributed by atoms with Crippen LogP contribution in [0.5, 0.6) is 5.75 Å². The van der Waals surface area contributed by atoms with Gasteiger partial charge in [0.25, 0.3) is 0 Å². The lowest BCUT2D eigenvalue weighted by Crippen LogP contribution is -2.30. The van der Waals surface area contributed by atoms with Gasteiger partial charge in [-0.05, 0) is 56.9 Å². The van der Waals surface area contributed by atoms with Crippen LogP contribution in [0.15, 0.2) is 23.1 Å². The fourth-order valence-electron chi connectivity index (χ4n) is 3.46. The summed E-state index contributed by atoms with van der Waals surface area (Å²) < 4.78 is 33.3. The Hall–Kier alpha value is -2.39. The predicted molar refractivity (Wildman–Crippen MR) is 114 cm³/mol. The summed E-state index contributed by atoms with van der Waals surface area (Å²) in [6.45, 7) is 8.20. The molecule has 3 rings (SSSR count). The summed E-state index contributed by atoms with van der Waals surface area (Å²) in [6, 6.07) is 5.23. The molecule has 1 saturated heterocycles. The molecule has 0 spiro atoms. The minimum Gasteiger partial charge on any atom is -0.496 e. The molecule has 29 heavy (non-hydrogen) atoms. The minimum atomic E-state index is -3.62. The first-order valence-electron chi connectivity index (χ1n) is 9.80. The van der Waals surface area contributed by atoms with Crippen molar-refractivity contribution in [2.45, 2.75) is 38.5 Å². The van der Waals surface area contributed by atoms with Crippen LogP contribution in [-0.4, -0.2) is 51.7 Å². The van der Waals surface area contributed by atoms with Crippen molar-refractivity contribution in [2.24, 2.45) is 0 Å². The first kappa shape index (κ1) is 21.3. The Labute approximate surface area is 172 Å². The number of aryl methyl sites for hydroxylation is 1. The molecular weight excluding hydrogens is 390 g/mol. The van der Waals surface area contributed by atoms with Crippen molar-refractivity contribution < 1.29 is 13.2 Å². The van der Waals surface area contributed by atoms with Crippen LogP contribution >= 0.6 is 0 Å². The van der Waals surface area contributed by atoms with Gasteiger partial charge in [0, 0.05) is 37.9 Å². The molecule has 0 saturated carbocycles. The molecule has 158 valence electrons. The van der Waals surface area contributed by atoms with Gasteiger partial charge >= 0.3 is 0 Å². The van der Waals surface area contributed by atoms with Crippen LogP contribution in [0.25, 0.3) is 0 Å². The maximum Gasteiger partial charge on any atom is 0.240 e. The van der Waals surface area contributed by atoms with E-state index in [4.69, 9.17) is 4.74 Å². The highest BCUT2D eigenvalue weighted by atomic mass is 32.2. The van der Waals surface area contributed by atoms with Gasteiger partial charge in [-0.25, -0.2) is 18.1 Å². The van der Waals surface area contributed by atoms with E-state index in [9.17, 15) is 8.42 Å². The van der Waals surface area contributed by atoms with Gasteiger partial charge in [0.2, 0.25) is 16.0 Å². The number of rotatable bonds is 8. The summed E-state index contributed by atoms with van der Waals surface area (Å²) >= 11 is 0. The molecular formula is C20H29N5O3S. The van der Waals surface area contributed by atoms with Crippen molar-refractivity contribution in [3.63, 3.8) is 0 Å². The summed E-state index contributed by atoms with van der Waals surface area (Å²) in [6.07, 6.45) is 2.36. The number of sulfonamides is 1. The van der Waals surface area contributed by atoms with Crippen LogP contribution in [0, 0.1) is 20.8 Å². The molecule has 0 radical (unpaired) electrons. The van der Waals surface area contributed by atoms with Gasteiger partial charge in [-0.3, -0.25) is 0 Å². The Balaban J connectivity index is 1.61. The number of hydrogen-bond acceptors (Lipinski definition) is 7. The third-order valence-corrected chi connectivity index (χ3v) is 6.77. The number of methoxy groups -OCH3 is 1. The average molecular weight is 420 g/mol. The van der Waals surface area contributed by atoms with Crippen LogP contribution in [-0.2, 0) is 10.0 Å². The van der Waals surface area contributed by atoms with Crippen molar-refractivity contribution >= 4 is 21.8 Å². The van der Waals surface area contributed by atoms with Crippen molar-refractivity contribution in [1.82, 2.24) is 14.7 Å². The second kappa shape index (κ2) is 8.96. The van der Waals surface area contributed by atoms with Gasteiger partial charge in [-0.2, -0.15) is 4.98 Å². The molecule has 8 nitrogen and oxygen atoms in total. The molecule has 1 aromatic heterocycles. The Morgan fingerprint density at radius 3 is 2.48 bits per heavy atom. The maximum absolute atomic E-state index is 12.7. The molecule has 0 aliphatic carbocycles. The van der Waals surface area contributed by atoms with Gasteiger partial charge in [0.1, 0.15) is 11.6 Å². The Bertz CT molecular complexity index is 972. The van der Waals surface area contributed by atoms with E-state index in [1.54, 1.807) is 26.2 Å². The SMILES string of the molecule is COc1ccc(S(=O)(=O)NCCNc2nc(C)cc(N3CCCC3)n2)c(C)c1C. The van der Waals surface area contributed by atoms with E-state index < -0.39 is 10.0 Å². The number of ether oxygens (including phenoxy) is 1. The standard InChI is InChI=1S/C20H29N5O3S/c1-14-13-19(25-11-5-6-12-25)24-20(23-14)21-9-10-22-29(26,27)18-8-7-17(28-4)15(2)16(18)3/h7-8,13,22H,5-6,9-12H2,1-4H3,(H,21,23,24). The number of nitrogens with zero attached hydrogens (tertiary/aromatic N) is 3. The molecule has 2 N–H and O–H groups in total. The number of aromatic nitrogens is 2. The molecule has 2 aromatic rings. The molecule has 1 aromatic carbocycles. The van der Waals surface area contributed by atoms with E-state index in [0.717, 1.165) is 30.2 Å². The summed E-state index contributed by atoms with van der Waals surface area (Å²) in [4.78, 5) is 11.5. The molecule has 0 atom stereocenters. The lowest BCUT2D eigenvalue weighted by molar-refractivity contribution is 0.410. The zero-order valence-electron chi connectivity index (χ0n) is 17.4. The van der Waals surface area contributed by atoms with Gasteiger partial charge in [0.15, 0.2) is 0 Å². The molecule has 1 aliphatic rings. The number of benzene rings is 1. The predicted octanol–water partition coefficient (Wildman–Crippen LogP) is 2.40. The lowest BCUT2D eigenvalue weighted by Gasteiger charge is -2.18. The van der Waals surface area contributed by atoms with Gasteiger partial charge in [-0.1, -0.05) is 0 Å². The summed E-state index contributed by atoms with van der Waals surface area (Å²) in [7, 11) is -2.05. The molecule has 1 aliphatic heterocycles. The molecule has 0 bridgehead atoms. The molecule has 1 fully saturated rings. The van der Waals surface area contributed by atoms with Crippen molar-refractivity contribution in [3.8, 4) is 5.75 Å². The lowest BCUT2D eigenvalue weighted by atomic mass is 10.1. The Morgan fingerprint density at radius 1 is 1.07 bits per heavy atom. The van der Waals surface area contributed by atoms with Crippen LogP contribution in [0.4, 0.5) is 11.8 Å².